The van der Waals surface area contributed by atoms with Gasteiger partial charge < -0.3 is 5.32 Å². The monoisotopic (exact) mass is 494 g/mol. The van der Waals surface area contributed by atoms with Crippen molar-refractivity contribution in [2.45, 2.75) is 25.2 Å². The molecular weight excluding hydrogens is 464 g/mol. The summed E-state index contributed by atoms with van der Waals surface area (Å²) in [5.41, 5.74) is 1.99. The largest absolute Gasteiger partial charge is 0.325 e. The SMILES string of the molecule is CCCS(=O)(=O)Nc1ccc(NC(=O)CN2CCN(S(=O)(=O)c3ccc(C)cc3)CC2)cc1. The molecule has 11 heteroatoms. The smallest absolute Gasteiger partial charge is 0.243 e. The van der Waals surface area contributed by atoms with E-state index in [-0.39, 0.29) is 23.1 Å². The van der Waals surface area contributed by atoms with Gasteiger partial charge in [-0.05, 0) is 49.7 Å². The molecule has 1 heterocycles. The topological polar surface area (TPSA) is 116 Å². The highest BCUT2D eigenvalue weighted by Crippen LogP contribution is 2.19. The second kappa shape index (κ2) is 10.6. The minimum absolute atomic E-state index is 0.0467. The Kier molecular flexibility index (Phi) is 8.11. The van der Waals surface area contributed by atoms with Crippen LogP contribution in [0.25, 0.3) is 0 Å². The second-order valence-electron chi connectivity index (χ2n) is 8.04. The number of nitrogens with one attached hydrogen (secondary N) is 2. The van der Waals surface area contributed by atoms with E-state index in [0.717, 1.165) is 5.56 Å². The lowest BCUT2D eigenvalue weighted by molar-refractivity contribution is -0.117. The summed E-state index contributed by atoms with van der Waals surface area (Å²) in [6.45, 7) is 5.38. The average Bonchev–Trinajstić information content (AvgIpc) is 2.75. The maximum absolute atomic E-state index is 12.8. The first-order valence-electron chi connectivity index (χ1n) is 10.8. The van der Waals surface area contributed by atoms with Crippen LogP contribution in [0.4, 0.5) is 11.4 Å². The molecule has 0 aliphatic carbocycles. The summed E-state index contributed by atoms with van der Waals surface area (Å²) in [5.74, 6) is -0.172. The number of nitrogens with zero attached hydrogens (tertiary/aromatic N) is 2. The predicted molar refractivity (Wildman–Crippen MR) is 129 cm³/mol. The lowest BCUT2D eigenvalue weighted by Gasteiger charge is -2.33. The van der Waals surface area contributed by atoms with E-state index in [1.807, 2.05) is 11.8 Å². The maximum atomic E-state index is 12.8. The fourth-order valence-corrected chi connectivity index (χ4v) is 6.07. The van der Waals surface area contributed by atoms with Crippen molar-refractivity contribution in [3.05, 3.63) is 54.1 Å². The molecule has 0 atom stereocenters. The Bertz CT molecular complexity index is 1160. The van der Waals surface area contributed by atoms with Crippen molar-refractivity contribution in [3.63, 3.8) is 0 Å². The van der Waals surface area contributed by atoms with E-state index in [1.54, 1.807) is 55.5 Å². The third kappa shape index (κ3) is 7.00. The number of hydrogen-bond donors (Lipinski definition) is 2. The van der Waals surface area contributed by atoms with Crippen LogP contribution >= 0.6 is 0 Å². The molecule has 33 heavy (non-hydrogen) atoms. The standard InChI is InChI=1S/C22H30N4O5S2/c1-3-16-32(28,29)24-20-8-6-19(7-9-20)23-22(27)17-25-12-14-26(15-13-25)33(30,31)21-10-4-18(2)5-11-21/h4-11,24H,3,12-17H2,1-2H3,(H,23,27). The minimum atomic E-state index is -3.54. The van der Waals surface area contributed by atoms with Gasteiger partial charge in [0.25, 0.3) is 0 Å². The van der Waals surface area contributed by atoms with Crippen LogP contribution in [0.3, 0.4) is 0 Å². The second-order valence-corrected chi connectivity index (χ2v) is 11.8. The summed E-state index contributed by atoms with van der Waals surface area (Å²) in [4.78, 5) is 14.6. The van der Waals surface area contributed by atoms with Crippen LogP contribution in [-0.2, 0) is 24.8 Å². The summed E-state index contributed by atoms with van der Waals surface area (Å²) in [6.07, 6.45) is 0.523. The Morgan fingerprint density at radius 1 is 0.879 bits per heavy atom. The zero-order valence-electron chi connectivity index (χ0n) is 18.8. The Labute approximate surface area is 195 Å². The summed E-state index contributed by atoms with van der Waals surface area (Å²) < 4.78 is 53.2. The lowest BCUT2D eigenvalue weighted by Crippen LogP contribution is -2.50. The Morgan fingerprint density at radius 3 is 2.03 bits per heavy atom. The van der Waals surface area contributed by atoms with Crippen LogP contribution in [0.1, 0.15) is 18.9 Å². The number of piperazine rings is 1. The third-order valence-electron chi connectivity index (χ3n) is 5.27. The number of amides is 1. The molecule has 1 saturated heterocycles. The predicted octanol–water partition coefficient (Wildman–Crippen LogP) is 2.09. The van der Waals surface area contributed by atoms with Crippen molar-refractivity contribution < 1.29 is 21.6 Å². The molecule has 0 aromatic heterocycles. The number of rotatable bonds is 9. The van der Waals surface area contributed by atoms with Crippen LogP contribution in [0.2, 0.25) is 0 Å². The van der Waals surface area contributed by atoms with E-state index in [2.05, 4.69) is 10.0 Å². The number of benzene rings is 2. The fraction of sp³-hybridized carbons (Fsp3) is 0.409. The van der Waals surface area contributed by atoms with Gasteiger partial charge in [-0.15, -0.1) is 0 Å². The highest BCUT2D eigenvalue weighted by molar-refractivity contribution is 7.92. The average molecular weight is 495 g/mol. The first-order valence-corrected chi connectivity index (χ1v) is 13.9. The van der Waals surface area contributed by atoms with Gasteiger partial charge in [-0.3, -0.25) is 14.4 Å². The molecule has 9 nitrogen and oxygen atoms in total. The maximum Gasteiger partial charge on any atom is 0.243 e. The number of carbonyl (C=O) groups is 1. The van der Waals surface area contributed by atoms with Gasteiger partial charge in [0.05, 0.1) is 17.2 Å². The van der Waals surface area contributed by atoms with Crippen molar-refractivity contribution in [2.24, 2.45) is 0 Å². The van der Waals surface area contributed by atoms with Crippen LogP contribution < -0.4 is 10.0 Å². The van der Waals surface area contributed by atoms with E-state index in [9.17, 15) is 21.6 Å². The third-order valence-corrected chi connectivity index (χ3v) is 8.68. The molecular formula is C22H30N4O5S2. The van der Waals surface area contributed by atoms with Crippen molar-refractivity contribution >= 4 is 37.3 Å². The molecule has 0 saturated carbocycles. The number of carbonyl (C=O) groups excluding carboxylic acids is 1. The van der Waals surface area contributed by atoms with Gasteiger partial charge in [0.1, 0.15) is 0 Å². The van der Waals surface area contributed by atoms with Gasteiger partial charge in [0, 0.05) is 37.6 Å². The zero-order valence-corrected chi connectivity index (χ0v) is 20.5. The van der Waals surface area contributed by atoms with Crippen LogP contribution in [-0.4, -0.2) is 70.4 Å². The van der Waals surface area contributed by atoms with Gasteiger partial charge in [-0.25, -0.2) is 16.8 Å². The van der Waals surface area contributed by atoms with E-state index in [4.69, 9.17) is 0 Å². The quantitative estimate of drug-likeness (QED) is 0.552. The first kappa shape index (κ1) is 25.2. The Balaban J connectivity index is 1.49. The first-order chi connectivity index (χ1) is 15.6. The van der Waals surface area contributed by atoms with Crippen LogP contribution in [0.5, 0.6) is 0 Å². The van der Waals surface area contributed by atoms with E-state index >= 15 is 0 Å². The normalized spacial score (nSPS) is 15.8. The van der Waals surface area contributed by atoms with Crippen LogP contribution in [0.15, 0.2) is 53.4 Å². The molecule has 0 spiro atoms. The van der Waals surface area contributed by atoms with Crippen LogP contribution in [0, 0.1) is 6.92 Å². The summed E-state index contributed by atoms with van der Waals surface area (Å²) in [5, 5.41) is 2.79. The summed E-state index contributed by atoms with van der Waals surface area (Å²) in [7, 11) is -6.91. The molecule has 3 rings (SSSR count). The van der Waals surface area contributed by atoms with Gasteiger partial charge >= 0.3 is 0 Å². The van der Waals surface area contributed by atoms with E-state index < -0.39 is 20.0 Å². The Hall–Kier alpha value is -2.47. The highest BCUT2D eigenvalue weighted by Gasteiger charge is 2.29. The summed E-state index contributed by atoms with van der Waals surface area (Å²) >= 11 is 0. The lowest BCUT2D eigenvalue weighted by atomic mass is 10.2. The number of sulfonamides is 2. The van der Waals surface area contributed by atoms with Gasteiger partial charge in [-0.2, -0.15) is 4.31 Å². The summed E-state index contributed by atoms with van der Waals surface area (Å²) in [6, 6.07) is 13.2. The molecule has 2 N–H and O–H groups in total. The number of hydrogen-bond acceptors (Lipinski definition) is 6. The molecule has 1 aliphatic rings. The molecule has 1 aliphatic heterocycles. The van der Waals surface area contributed by atoms with Crippen molar-refractivity contribution in [2.75, 3.05) is 48.5 Å². The van der Waals surface area contributed by atoms with Gasteiger partial charge in [0.2, 0.25) is 26.0 Å². The molecule has 180 valence electrons. The highest BCUT2D eigenvalue weighted by atomic mass is 32.2. The molecule has 1 fully saturated rings. The number of aryl methyl sites for hydroxylation is 1. The molecule has 0 unspecified atom stereocenters. The minimum Gasteiger partial charge on any atom is -0.325 e. The Morgan fingerprint density at radius 2 is 1.45 bits per heavy atom. The van der Waals surface area contributed by atoms with Crippen molar-refractivity contribution in [1.82, 2.24) is 9.21 Å². The molecule has 2 aromatic carbocycles. The molecule has 0 bridgehead atoms. The molecule has 0 radical (unpaired) electrons. The van der Waals surface area contributed by atoms with Crippen molar-refractivity contribution in [3.8, 4) is 0 Å². The van der Waals surface area contributed by atoms with Gasteiger partial charge in [-0.1, -0.05) is 24.6 Å². The molecule has 2 aromatic rings. The van der Waals surface area contributed by atoms with Crippen molar-refractivity contribution in [1.29, 1.82) is 0 Å². The molecule has 1 amide bonds. The fourth-order valence-electron chi connectivity index (χ4n) is 3.51. The van der Waals surface area contributed by atoms with Gasteiger partial charge in [0.15, 0.2) is 0 Å². The number of anilines is 2. The van der Waals surface area contributed by atoms with E-state index in [1.165, 1.54) is 4.31 Å². The zero-order chi connectivity index (χ0) is 24.1. The van der Waals surface area contributed by atoms with E-state index in [0.29, 0.717) is 44.0 Å².